The predicted octanol–water partition coefficient (Wildman–Crippen LogP) is 3.32. The highest BCUT2D eigenvalue weighted by Crippen LogP contribution is 2.27. The van der Waals surface area contributed by atoms with E-state index in [0.29, 0.717) is 27.6 Å². The number of esters is 1. The fourth-order valence-electron chi connectivity index (χ4n) is 2.53. The normalized spacial score (nSPS) is 12.2. The summed E-state index contributed by atoms with van der Waals surface area (Å²) in [6.07, 6.45) is -0.547. The smallest absolute Gasteiger partial charge is 0.337 e. The van der Waals surface area contributed by atoms with Gasteiger partial charge in [-0.05, 0) is 25.1 Å². The summed E-state index contributed by atoms with van der Waals surface area (Å²) >= 11 is 5.47. The molecule has 0 amide bonds. The van der Waals surface area contributed by atoms with Gasteiger partial charge in [0.1, 0.15) is 17.5 Å². The molecule has 1 atom stereocenters. The van der Waals surface area contributed by atoms with Crippen LogP contribution in [0.15, 0.2) is 36.4 Å². The van der Waals surface area contributed by atoms with Gasteiger partial charge >= 0.3 is 11.9 Å². The van der Waals surface area contributed by atoms with Crippen LogP contribution < -0.4 is 0 Å². The number of halogens is 1. The zero-order chi connectivity index (χ0) is 17.3. The largest absolute Gasteiger partial charge is 0.478 e. The molecule has 0 aliphatic heterocycles. The molecule has 0 fully saturated rings. The van der Waals surface area contributed by atoms with Gasteiger partial charge in [-0.1, -0.05) is 18.2 Å². The van der Waals surface area contributed by atoms with E-state index in [1.807, 2.05) is 0 Å². The first-order valence-corrected chi connectivity index (χ1v) is 7.73. The summed E-state index contributed by atoms with van der Waals surface area (Å²) in [5.41, 5.74) is 2.64. The Bertz CT molecular complexity index is 958. The number of alkyl halides is 1. The number of carbonyl (C=O) groups is 2. The first-order valence-electron chi connectivity index (χ1n) is 7.19. The molecule has 1 N–H and O–H groups in total. The molecule has 3 aromatic rings. The number of carbonyl (C=O) groups excluding carboxylic acids is 1. The second-order valence-corrected chi connectivity index (χ2v) is 5.45. The third kappa shape index (κ3) is 2.88. The maximum Gasteiger partial charge on any atom is 0.337 e. The lowest BCUT2D eigenvalue weighted by molar-refractivity contribution is -0.145. The van der Waals surface area contributed by atoms with Crippen molar-refractivity contribution >= 4 is 45.6 Å². The minimum Gasteiger partial charge on any atom is -0.478 e. The summed E-state index contributed by atoms with van der Waals surface area (Å²) < 4.78 is 5.23. The Balaban J connectivity index is 2.20. The quantitative estimate of drug-likeness (QED) is 0.443. The molecule has 0 saturated heterocycles. The number of fused-ring (bicyclic) bond motifs is 2. The van der Waals surface area contributed by atoms with E-state index in [2.05, 4.69) is 9.97 Å². The SMILES string of the molecule is CC(OC(=O)CCl)c1cccc2nc3c(C(=O)O)cccc3nc12. The average molecular weight is 345 g/mol. The summed E-state index contributed by atoms with van der Waals surface area (Å²) in [5.74, 6) is -1.82. The standard InChI is InChI=1S/C17H13ClN2O4/c1-9(24-14(21)8-18)10-4-2-6-12-15(10)19-13-7-3-5-11(17(22)23)16(13)20-12/h2-7,9H,8H2,1H3,(H,22,23). The highest BCUT2D eigenvalue weighted by Gasteiger charge is 2.17. The molecule has 24 heavy (non-hydrogen) atoms. The van der Waals surface area contributed by atoms with Gasteiger partial charge in [0.25, 0.3) is 0 Å². The van der Waals surface area contributed by atoms with E-state index >= 15 is 0 Å². The Morgan fingerprint density at radius 1 is 1.12 bits per heavy atom. The molecular weight excluding hydrogens is 332 g/mol. The number of aromatic carboxylic acids is 1. The molecule has 0 radical (unpaired) electrons. The molecule has 0 saturated carbocycles. The number of aromatic nitrogens is 2. The van der Waals surface area contributed by atoms with Crippen molar-refractivity contribution in [3.05, 3.63) is 47.5 Å². The van der Waals surface area contributed by atoms with Crippen molar-refractivity contribution in [3.8, 4) is 0 Å². The third-order valence-electron chi connectivity index (χ3n) is 3.61. The fourth-order valence-corrected chi connectivity index (χ4v) is 2.60. The Kier molecular flexibility index (Phi) is 4.31. The van der Waals surface area contributed by atoms with Crippen LogP contribution in [-0.2, 0) is 9.53 Å². The molecule has 7 heteroatoms. The molecule has 1 aromatic heterocycles. The van der Waals surface area contributed by atoms with Gasteiger partial charge in [-0.15, -0.1) is 11.6 Å². The summed E-state index contributed by atoms with van der Waals surface area (Å²) in [6, 6.07) is 10.1. The van der Waals surface area contributed by atoms with Crippen LogP contribution in [0.1, 0.15) is 28.9 Å². The minimum atomic E-state index is -1.06. The number of nitrogens with zero attached hydrogens (tertiary/aromatic N) is 2. The van der Waals surface area contributed by atoms with Gasteiger partial charge in [-0.3, -0.25) is 4.79 Å². The number of benzene rings is 2. The van der Waals surface area contributed by atoms with E-state index in [0.717, 1.165) is 0 Å². The van der Waals surface area contributed by atoms with Gasteiger partial charge in [-0.25, -0.2) is 14.8 Å². The number of rotatable bonds is 4. The van der Waals surface area contributed by atoms with E-state index in [-0.39, 0.29) is 11.4 Å². The van der Waals surface area contributed by atoms with Gasteiger partial charge < -0.3 is 9.84 Å². The molecule has 6 nitrogen and oxygen atoms in total. The van der Waals surface area contributed by atoms with Crippen molar-refractivity contribution in [3.63, 3.8) is 0 Å². The maximum atomic E-state index is 11.4. The van der Waals surface area contributed by atoms with Crippen molar-refractivity contribution in [2.75, 3.05) is 5.88 Å². The van der Waals surface area contributed by atoms with E-state index in [4.69, 9.17) is 16.3 Å². The van der Waals surface area contributed by atoms with Gasteiger partial charge in [0, 0.05) is 5.56 Å². The van der Waals surface area contributed by atoms with E-state index in [1.165, 1.54) is 6.07 Å². The number of hydrogen-bond donors (Lipinski definition) is 1. The summed E-state index contributed by atoms with van der Waals surface area (Å²) in [5, 5.41) is 9.29. The van der Waals surface area contributed by atoms with Crippen molar-refractivity contribution < 1.29 is 19.4 Å². The first kappa shape index (κ1) is 16.1. The van der Waals surface area contributed by atoms with Crippen LogP contribution in [0.25, 0.3) is 22.1 Å². The molecule has 2 aromatic carbocycles. The van der Waals surface area contributed by atoms with E-state index < -0.39 is 18.0 Å². The minimum absolute atomic E-state index is 0.0916. The molecule has 1 heterocycles. The lowest BCUT2D eigenvalue weighted by Crippen LogP contribution is -2.10. The van der Waals surface area contributed by atoms with Gasteiger partial charge in [-0.2, -0.15) is 0 Å². The lowest BCUT2D eigenvalue weighted by Gasteiger charge is -2.15. The molecule has 0 bridgehead atoms. The van der Waals surface area contributed by atoms with Gasteiger partial charge in [0.15, 0.2) is 0 Å². The van der Waals surface area contributed by atoms with Crippen molar-refractivity contribution in [2.24, 2.45) is 0 Å². The van der Waals surface area contributed by atoms with Crippen LogP contribution in [-0.4, -0.2) is 32.9 Å². The highest BCUT2D eigenvalue weighted by atomic mass is 35.5. The Morgan fingerprint density at radius 3 is 2.42 bits per heavy atom. The van der Waals surface area contributed by atoms with Crippen molar-refractivity contribution in [2.45, 2.75) is 13.0 Å². The summed E-state index contributed by atoms with van der Waals surface area (Å²) in [4.78, 5) is 31.7. The van der Waals surface area contributed by atoms with Crippen LogP contribution in [0.4, 0.5) is 0 Å². The second kappa shape index (κ2) is 6.41. The number of carboxylic acids is 1. The maximum absolute atomic E-state index is 11.4. The number of hydrogen-bond acceptors (Lipinski definition) is 5. The Morgan fingerprint density at radius 2 is 1.75 bits per heavy atom. The molecule has 122 valence electrons. The molecule has 0 aliphatic carbocycles. The molecule has 1 unspecified atom stereocenters. The van der Waals surface area contributed by atoms with Crippen LogP contribution in [0, 0.1) is 0 Å². The summed E-state index contributed by atoms with van der Waals surface area (Å²) in [7, 11) is 0. The van der Waals surface area contributed by atoms with Crippen LogP contribution in [0.5, 0.6) is 0 Å². The molecule has 0 spiro atoms. The van der Waals surface area contributed by atoms with E-state index in [9.17, 15) is 14.7 Å². The van der Waals surface area contributed by atoms with Gasteiger partial charge in [0.2, 0.25) is 0 Å². The van der Waals surface area contributed by atoms with Crippen LogP contribution >= 0.6 is 11.6 Å². The molecule has 3 rings (SSSR count). The fraction of sp³-hybridized carbons (Fsp3) is 0.176. The zero-order valence-electron chi connectivity index (χ0n) is 12.7. The highest BCUT2D eigenvalue weighted by molar-refractivity contribution is 6.26. The van der Waals surface area contributed by atoms with Crippen molar-refractivity contribution in [1.29, 1.82) is 0 Å². The van der Waals surface area contributed by atoms with E-state index in [1.54, 1.807) is 37.3 Å². The zero-order valence-corrected chi connectivity index (χ0v) is 13.4. The summed E-state index contributed by atoms with van der Waals surface area (Å²) in [6.45, 7) is 1.72. The topological polar surface area (TPSA) is 89.4 Å². The predicted molar refractivity (Wildman–Crippen MR) is 89.2 cm³/mol. The average Bonchev–Trinajstić information content (AvgIpc) is 2.58. The monoisotopic (exact) mass is 344 g/mol. The lowest BCUT2D eigenvalue weighted by atomic mass is 10.1. The number of ether oxygens (including phenoxy) is 1. The molecule has 0 aliphatic rings. The Hall–Kier alpha value is -2.73. The second-order valence-electron chi connectivity index (χ2n) is 5.18. The number of carboxylic acid groups (broad SMARTS) is 1. The van der Waals surface area contributed by atoms with Gasteiger partial charge in [0.05, 0.1) is 22.1 Å². The Labute approximate surface area is 142 Å². The van der Waals surface area contributed by atoms with Crippen LogP contribution in [0.3, 0.4) is 0 Å². The van der Waals surface area contributed by atoms with Crippen LogP contribution in [0.2, 0.25) is 0 Å². The molecular formula is C17H13ClN2O4. The number of para-hydroxylation sites is 2. The third-order valence-corrected chi connectivity index (χ3v) is 3.83. The first-order chi connectivity index (χ1) is 11.5. The van der Waals surface area contributed by atoms with Crippen molar-refractivity contribution in [1.82, 2.24) is 9.97 Å².